The van der Waals surface area contributed by atoms with E-state index in [1.807, 2.05) is 31.2 Å². The summed E-state index contributed by atoms with van der Waals surface area (Å²) >= 11 is 0.922. The lowest BCUT2D eigenvalue weighted by molar-refractivity contribution is -0.121. The van der Waals surface area contributed by atoms with E-state index in [1.165, 1.54) is 7.05 Å². The van der Waals surface area contributed by atoms with E-state index in [-0.39, 0.29) is 17.9 Å². The molecule has 2 aromatic rings. The molecule has 1 fully saturated rings. The topological polar surface area (TPSA) is 74.3 Å². The molecule has 2 aliphatic rings. The van der Waals surface area contributed by atoms with Crippen molar-refractivity contribution in [2.75, 3.05) is 20.4 Å². The molecule has 0 spiro atoms. The maximum Gasteiger partial charge on any atom is 0.293 e. The van der Waals surface area contributed by atoms with Gasteiger partial charge in [-0.15, -0.1) is 0 Å². The number of fused-ring (bicyclic) bond motifs is 1. The number of amides is 2. The van der Waals surface area contributed by atoms with Gasteiger partial charge in [0.25, 0.3) is 11.1 Å². The Kier molecular flexibility index (Phi) is 5.35. The number of ether oxygens (including phenoxy) is 4. The van der Waals surface area contributed by atoms with Gasteiger partial charge in [-0.1, -0.05) is 12.1 Å². The molecule has 0 saturated carbocycles. The predicted molar refractivity (Wildman–Crippen MR) is 108 cm³/mol. The molecule has 2 heterocycles. The first-order valence-corrected chi connectivity index (χ1v) is 9.86. The summed E-state index contributed by atoms with van der Waals surface area (Å²) in [5, 5.41) is -0.282. The quantitative estimate of drug-likeness (QED) is 0.661. The van der Waals surface area contributed by atoms with Crippen molar-refractivity contribution in [3.8, 4) is 23.0 Å². The maximum atomic E-state index is 12.1. The van der Waals surface area contributed by atoms with E-state index in [2.05, 4.69) is 0 Å². The molecule has 0 unspecified atom stereocenters. The van der Waals surface area contributed by atoms with E-state index < -0.39 is 0 Å². The van der Waals surface area contributed by atoms with Gasteiger partial charge >= 0.3 is 0 Å². The van der Waals surface area contributed by atoms with Crippen molar-refractivity contribution in [3.05, 3.63) is 52.4 Å². The molecule has 0 aliphatic carbocycles. The third-order valence-electron chi connectivity index (χ3n) is 4.38. The van der Waals surface area contributed by atoms with Crippen LogP contribution in [0.3, 0.4) is 0 Å². The molecule has 1 saturated heterocycles. The molecule has 4 rings (SSSR count). The number of nitrogens with zero attached hydrogens (tertiary/aromatic N) is 1. The van der Waals surface area contributed by atoms with Crippen LogP contribution >= 0.6 is 11.8 Å². The van der Waals surface area contributed by atoms with Gasteiger partial charge in [-0.3, -0.25) is 14.5 Å². The minimum atomic E-state index is -0.305. The molecule has 8 heteroatoms. The van der Waals surface area contributed by atoms with Gasteiger partial charge in [0.05, 0.1) is 11.5 Å². The van der Waals surface area contributed by atoms with Gasteiger partial charge < -0.3 is 18.9 Å². The molecule has 150 valence electrons. The third kappa shape index (κ3) is 4.02. The SMILES string of the molecule is CCOc1cc(/C=C2\SC(=O)N(C)C2=O)ccc1OCc1ccc2c(c1)OCO2. The number of benzene rings is 2. The van der Waals surface area contributed by atoms with Gasteiger partial charge in [-0.25, -0.2) is 0 Å². The second kappa shape index (κ2) is 8.08. The summed E-state index contributed by atoms with van der Waals surface area (Å²) in [5.41, 5.74) is 1.69. The maximum absolute atomic E-state index is 12.1. The number of thioether (sulfide) groups is 1. The van der Waals surface area contributed by atoms with Crippen LogP contribution in [0.5, 0.6) is 23.0 Å². The number of imide groups is 1. The van der Waals surface area contributed by atoms with E-state index in [0.29, 0.717) is 35.4 Å². The Morgan fingerprint density at radius 3 is 2.66 bits per heavy atom. The Morgan fingerprint density at radius 2 is 1.90 bits per heavy atom. The molecule has 0 radical (unpaired) electrons. The van der Waals surface area contributed by atoms with E-state index in [0.717, 1.165) is 33.5 Å². The highest BCUT2D eigenvalue weighted by Crippen LogP contribution is 2.35. The highest BCUT2D eigenvalue weighted by atomic mass is 32.2. The van der Waals surface area contributed by atoms with Crippen LogP contribution in [0.15, 0.2) is 41.3 Å². The first kappa shape index (κ1) is 19.2. The smallest absolute Gasteiger partial charge is 0.293 e. The van der Waals surface area contributed by atoms with Gasteiger partial charge in [-0.2, -0.15) is 0 Å². The van der Waals surface area contributed by atoms with Crippen LogP contribution in [0.2, 0.25) is 0 Å². The second-order valence-electron chi connectivity index (χ2n) is 6.36. The highest BCUT2D eigenvalue weighted by Gasteiger charge is 2.31. The summed E-state index contributed by atoms with van der Waals surface area (Å²) in [6.07, 6.45) is 1.68. The second-order valence-corrected chi connectivity index (χ2v) is 7.35. The normalized spacial score (nSPS) is 16.6. The lowest BCUT2D eigenvalue weighted by Gasteiger charge is -2.13. The summed E-state index contributed by atoms with van der Waals surface area (Å²) in [6, 6.07) is 11.1. The summed E-state index contributed by atoms with van der Waals surface area (Å²) in [4.78, 5) is 25.2. The lowest BCUT2D eigenvalue weighted by atomic mass is 10.1. The van der Waals surface area contributed by atoms with Crippen molar-refractivity contribution in [3.63, 3.8) is 0 Å². The zero-order valence-electron chi connectivity index (χ0n) is 16.0. The Labute approximate surface area is 172 Å². The molecule has 7 nitrogen and oxygen atoms in total. The molecule has 0 N–H and O–H groups in total. The molecule has 29 heavy (non-hydrogen) atoms. The average Bonchev–Trinajstić information content (AvgIpc) is 3.28. The number of hydrogen-bond acceptors (Lipinski definition) is 7. The largest absolute Gasteiger partial charge is 0.490 e. The first-order valence-electron chi connectivity index (χ1n) is 9.05. The number of carbonyl (C=O) groups excluding carboxylic acids is 2. The molecule has 2 aliphatic heterocycles. The lowest BCUT2D eigenvalue weighted by Crippen LogP contribution is -2.22. The molecule has 2 aromatic carbocycles. The van der Waals surface area contributed by atoms with Crippen LogP contribution < -0.4 is 18.9 Å². The van der Waals surface area contributed by atoms with Gasteiger partial charge in [0.15, 0.2) is 23.0 Å². The van der Waals surface area contributed by atoms with Crippen LogP contribution in [-0.4, -0.2) is 36.5 Å². The highest BCUT2D eigenvalue weighted by molar-refractivity contribution is 8.18. The number of rotatable bonds is 6. The van der Waals surface area contributed by atoms with Crippen LogP contribution in [-0.2, 0) is 11.4 Å². The first-order chi connectivity index (χ1) is 14.0. The van der Waals surface area contributed by atoms with Crippen LogP contribution in [0.25, 0.3) is 6.08 Å². The summed E-state index contributed by atoms with van der Waals surface area (Å²) in [7, 11) is 1.47. The standard InChI is InChI=1S/C21H19NO6S/c1-3-25-17-8-13(10-19-20(23)22(2)21(24)29-19)4-6-15(17)26-11-14-5-7-16-18(9-14)28-12-27-16/h4-10H,3,11-12H2,1-2H3/b19-10-. The van der Waals surface area contributed by atoms with Crippen molar-refractivity contribution in [2.24, 2.45) is 0 Å². The van der Waals surface area contributed by atoms with Gasteiger partial charge in [0, 0.05) is 7.05 Å². The zero-order chi connectivity index (χ0) is 20.4. The Hall–Kier alpha value is -3.13. The monoisotopic (exact) mass is 413 g/mol. The molecule has 0 aromatic heterocycles. The number of carbonyl (C=O) groups is 2. The van der Waals surface area contributed by atoms with Gasteiger partial charge in [0.1, 0.15) is 6.61 Å². The fourth-order valence-corrected chi connectivity index (χ4v) is 3.72. The molecular formula is C21H19NO6S. The molecule has 0 bridgehead atoms. The van der Waals surface area contributed by atoms with E-state index in [9.17, 15) is 9.59 Å². The van der Waals surface area contributed by atoms with Crippen molar-refractivity contribution >= 4 is 29.0 Å². The Bertz CT molecular complexity index is 1000. The predicted octanol–water partition coefficient (Wildman–Crippen LogP) is 4.06. The van der Waals surface area contributed by atoms with Crippen molar-refractivity contribution in [2.45, 2.75) is 13.5 Å². The Balaban J connectivity index is 1.52. The summed E-state index contributed by atoms with van der Waals surface area (Å²) < 4.78 is 22.4. The third-order valence-corrected chi connectivity index (χ3v) is 5.34. The van der Waals surface area contributed by atoms with Crippen molar-refractivity contribution in [1.29, 1.82) is 0 Å². The summed E-state index contributed by atoms with van der Waals surface area (Å²) in [5.74, 6) is 2.28. The van der Waals surface area contributed by atoms with E-state index in [4.69, 9.17) is 18.9 Å². The average molecular weight is 413 g/mol. The molecule has 2 amide bonds. The van der Waals surface area contributed by atoms with E-state index >= 15 is 0 Å². The molecular weight excluding hydrogens is 394 g/mol. The fourth-order valence-electron chi connectivity index (χ4n) is 2.89. The van der Waals surface area contributed by atoms with Crippen LogP contribution in [0.4, 0.5) is 4.79 Å². The van der Waals surface area contributed by atoms with E-state index in [1.54, 1.807) is 18.2 Å². The molecule has 0 atom stereocenters. The van der Waals surface area contributed by atoms with Crippen LogP contribution in [0, 0.1) is 0 Å². The number of hydrogen-bond donors (Lipinski definition) is 0. The fraction of sp³-hybridized carbons (Fsp3) is 0.238. The van der Waals surface area contributed by atoms with Gasteiger partial charge in [0.2, 0.25) is 6.79 Å². The summed E-state index contributed by atoms with van der Waals surface area (Å²) in [6.45, 7) is 2.92. The van der Waals surface area contributed by atoms with Crippen LogP contribution in [0.1, 0.15) is 18.1 Å². The number of likely N-dealkylation sites (N-methyl/N-ethyl adjacent to an activating group) is 1. The zero-order valence-corrected chi connectivity index (χ0v) is 16.8. The van der Waals surface area contributed by atoms with Crippen molar-refractivity contribution < 1.29 is 28.5 Å². The van der Waals surface area contributed by atoms with Crippen molar-refractivity contribution in [1.82, 2.24) is 4.90 Å². The minimum Gasteiger partial charge on any atom is -0.490 e. The minimum absolute atomic E-state index is 0.229. The van der Waals surface area contributed by atoms with Gasteiger partial charge in [-0.05, 0) is 60.2 Å². The Morgan fingerprint density at radius 1 is 1.07 bits per heavy atom.